The minimum atomic E-state index is -0.0970. The first-order valence-electron chi connectivity index (χ1n) is 7.91. The number of hydrogen-bond donors (Lipinski definition) is 3. The van der Waals surface area contributed by atoms with Crippen molar-refractivity contribution in [2.75, 3.05) is 5.32 Å². The van der Waals surface area contributed by atoms with Crippen molar-refractivity contribution in [2.45, 2.75) is 45.1 Å². The minimum absolute atomic E-state index is 0.0970. The van der Waals surface area contributed by atoms with E-state index in [2.05, 4.69) is 34.6 Å². The Bertz CT molecular complexity index is 626. The molecule has 0 bridgehead atoms. The summed E-state index contributed by atoms with van der Waals surface area (Å²) in [5.74, 6) is 0.791. The molecule has 1 aliphatic rings. The molecule has 0 radical (unpaired) electrons. The molecule has 1 aromatic heterocycles. The van der Waals surface area contributed by atoms with Gasteiger partial charge in [0.15, 0.2) is 0 Å². The van der Waals surface area contributed by atoms with Gasteiger partial charge in [0.05, 0.1) is 5.69 Å². The second-order valence-corrected chi connectivity index (χ2v) is 5.95. The van der Waals surface area contributed by atoms with Crippen LogP contribution in [0.2, 0.25) is 0 Å². The molecule has 1 heterocycles. The Morgan fingerprint density at radius 1 is 1.14 bits per heavy atom. The van der Waals surface area contributed by atoms with Crippen molar-refractivity contribution in [1.82, 2.24) is 10.2 Å². The third-order valence-corrected chi connectivity index (χ3v) is 4.58. The lowest BCUT2D eigenvalue weighted by atomic mass is 9.83. The van der Waals surface area contributed by atoms with E-state index in [0.717, 1.165) is 17.2 Å². The van der Waals surface area contributed by atoms with Gasteiger partial charge in [-0.15, -0.1) is 0 Å². The van der Waals surface area contributed by atoms with E-state index in [1.54, 1.807) is 6.07 Å². The highest BCUT2D eigenvalue weighted by atomic mass is 16.1. The number of aromatic amines is 2. The average molecular weight is 285 g/mol. The smallest absolute Gasteiger partial charge is 0.264 e. The highest BCUT2D eigenvalue weighted by molar-refractivity contribution is 5.62. The van der Waals surface area contributed by atoms with E-state index >= 15 is 0 Å². The Morgan fingerprint density at radius 2 is 1.90 bits per heavy atom. The van der Waals surface area contributed by atoms with Gasteiger partial charge in [-0.05, 0) is 36.5 Å². The molecule has 3 rings (SSSR count). The second kappa shape index (κ2) is 6.20. The Labute approximate surface area is 125 Å². The van der Waals surface area contributed by atoms with Crippen LogP contribution in [0.1, 0.15) is 39.0 Å². The first-order valence-corrected chi connectivity index (χ1v) is 7.91. The van der Waals surface area contributed by atoms with Crippen molar-refractivity contribution in [3.8, 4) is 11.3 Å². The van der Waals surface area contributed by atoms with E-state index in [1.165, 1.54) is 37.8 Å². The maximum Gasteiger partial charge on any atom is 0.264 e. The molecule has 112 valence electrons. The lowest BCUT2D eigenvalue weighted by Gasteiger charge is -2.32. The summed E-state index contributed by atoms with van der Waals surface area (Å²) in [6.07, 6.45) is 6.57. The van der Waals surface area contributed by atoms with Gasteiger partial charge in [0.1, 0.15) is 0 Å². The fourth-order valence-corrected chi connectivity index (χ4v) is 3.33. The minimum Gasteiger partial charge on any atom is -0.382 e. The molecule has 1 aromatic carbocycles. The zero-order valence-corrected chi connectivity index (χ0v) is 12.5. The van der Waals surface area contributed by atoms with Gasteiger partial charge >= 0.3 is 0 Å². The molecule has 2 aromatic rings. The summed E-state index contributed by atoms with van der Waals surface area (Å²) in [6.45, 7) is 2.29. The van der Waals surface area contributed by atoms with Gasteiger partial charge in [0.25, 0.3) is 5.56 Å². The number of benzene rings is 1. The zero-order valence-electron chi connectivity index (χ0n) is 12.5. The molecule has 4 nitrogen and oxygen atoms in total. The van der Waals surface area contributed by atoms with Gasteiger partial charge in [-0.25, -0.2) is 0 Å². The lowest BCUT2D eigenvalue weighted by Crippen LogP contribution is -2.31. The highest BCUT2D eigenvalue weighted by Gasteiger charge is 2.23. The standard InChI is InChI=1S/C17H23N3O/c1-2-12-5-3-4-6-15(12)18-14-9-7-13(8-10-14)16-11-17(21)20-19-16/h7-12,15,18H,2-6H2,1H3,(H2,19,20,21). The van der Waals surface area contributed by atoms with E-state index in [1.807, 2.05) is 12.1 Å². The quantitative estimate of drug-likeness (QED) is 0.801. The predicted molar refractivity (Wildman–Crippen MR) is 86.5 cm³/mol. The topological polar surface area (TPSA) is 60.7 Å². The van der Waals surface area contributed by atoms with Crippen molar-refractivity contribution in [2.24, 2.45) is 5.92 Å². The lowest BCUT2D eigenvalue weighted by molar-refractivity contribution is 0.317. The van der Waals surface area contributed by atoms with Crippen molar-refractivity contribution >= 4 is 5.69 Å². The van der Waals surface area contributed by atoms with Crippen LogP contribution < -0.4 is 10.9 Å². The third kappa shape index (κ3) is 3.20. The predicted octanol–water partition coefficient (Wildman–Crippen LogP) is 3.75. The van der Waals surface area contributed by atoms with Gasteiger partial charge in [-0.2, -0.15) is 0 Å². The van der Waals surface area contributed by atoms with Crippen LogP contribution in [0.15, 0.2) is 35.1 Å². The normalized spacial score (nSPS) is 22.1. The van der Waals surface area contributed by atoms with Crippen molar-refractivity contribution < 1.29 is 0 Å². The van der Waals surface area contributed by atoms with E-state index < -0.39 is 0 Å². The number of H-pyrrole nitrogens is 2. The van der Waals surface area contributed by atoms with Gasteiger partial charge in [0, 0.05) is 17.8 Å². The molecular weight excluding hydrogens is 262 g/mol. The molecule has 1 saturated carbocycles. The summed E-state index contributed by atoms with van der Waals surface area (Å²) in [5, 5.41) is 9.13. The van der Waals surface area contributed by atoms with E-state index in [9.17, 15) is 4.79 Å². The Balaban J connectivity index is 1.70. The summed E-state index contributed by atoms with van der Waals surface area (Å²) in [5.41, 5.74) is 2.92. The second-order valence-electron chi connectivity index (χ2n) is 5.95. The van der Waals surface area contributed by atoms with Crippen LogP contribution in [0.4, 0.5) is 5.69 Å². The Kier molecular flexibility index (Phi) is 4.13. The molecule has 1 aliphatic carbocycles. The molecular formula is C17H23N3O. The molecule has 2 atom stereocenters. The molecule has 0 spiro atoms. The molecule has 4 heteroatoms. The average Bonchev–Trinajstić information content (AvgIpc) is 2.95. The van der Waals surface area contributed by atoms with Gasteiger partial charge in [-0.3, -0.25) is 15.0 Å². The van der Waals surface area contributed by atoms with Crippen molar-refractivity contribution in [3.63, 3.8) is 0 Å². The zero-order chi connectivity index (χ0) is 14.7. The molecule has 2 unspecified atom stereocenters. The maximum atomic E-state index is 11.2. The first kappa shape index (κ1) is 14.0. The fourth-order valence-electron chi connectivity index (χ4n) is 3.33. The van der Waals surface area contributed by atoms with E-state index in [-0.39, 0.29) is 5.56 Å². The van der Waals surface area contributed by atoms with Crippen molar-refractivity contribution in [1.29, 1.82) is 0 Å². The van der Waals surface area contributed by atoms with Crippen molar-refractivity contribution in [3.05, 3.63) is 40.7 Å². The molecule has 3 N–H and O–H groups in total. The number of rotatable bonds is 4. The van der Waals surface area contributed by atoms with E-state index in [4.69, 9.17) is 0 Å². The highest BCUT2D eigenvalue weighted by Crippen LogP contribution is 2.29. The van der Waals surface area contributed by atoms with Gasteiger partial charge < -0.3 is 5.32 Å². The van der Waals surface area contributed by atoms with Crippen LogP contribution in [0.5, 0.6) is 0 Å². The summed E-state index contributed by atoms with van der Waals surface area (Å²) in [4.78, 5) is 11.2. The van der Waals surface area contributed by atoms with Crippen LogP contribution >= 0.6 is 0 Å². The number of hydrogen-bond acceptors (Lipinski definition) is 2. The van der Waals surface area contributed by atoms with Crippen LogP contribution in [0.3, 0.4) is 0 Å². The molecule has 1 fully saturated rings. The summed E-state index contributed by atoms with van der Waals surface area (Å²) in [6, 6.07) is 10.5. The van der Waals surface area contributed by atoms with Gasteiger partial charge in [0.2, 0.25) is 0 Å². The van der Waals surface area contributed by atoms with Crippen LogP contribution in [-0.2, 0) is 0 Å². The summed E-state index contributed by atoms with van der Waals surface area (Å²) >= 11 is 0. The molecule has 0 aliphatic heterocycles. The Morgan fingerprint density at radius 3 is 2.57 bits per heavy atom. The van der Waals surface area contributed by atoms with E-state index in [0.29, 0.717) is 6.04 Å². The van der Waals surface area contributed by atoms with Crippen LogP contribution in [0.25, 0.3) is 11.3 Å². The summed E-state index contributed by atoms with van der Waals surface area (Å²) in [7, 11) is 0. The Hall–Kier alpha value is -1.97. The summed E-state index contributed by atoms with van der Waals surface area (Å²) < 4.78 is 0. The number of nitrogens with one attached hydrogen (secondary N) is 3. The first-order chi connectivity index (χ1) is 10.3. The largest absolute Gasteiger partial charge is 0.382 e. The fraction of sp³-hybridized carbons (Fsp3) is 0.471. The maximum absolute atomic E-state index is 11.2. The van der Waals surface area contributed by atoms with Gasteiger partial charge in [-0.1, -0.05) is 38.3 Å². The third-order valence-electron chi connectivity index (χ3n) is 4.58. The number of aromatic nitrogens is 2. The molecule has 0 saturated heterocycles. The monoisotopic (exact) mass is 285 g/mol. The molecule has 21 heavy (non-hydrogen) atoms. The molecule has 0 amide bonds. The SMILES string of the molecule is CCC1CCCCC1Nc1ccc(-c2cc(=O)[nH][nH]2)cc1. The van der Waals surface area contributed by atoms with Crippen LogP contribution in [0, 0.1) is 5.92 Å². The number of anilines is 1. The van der Waals surface area contributed by atoms with Crippen LogP contribution in [-0.4, -0.2) is 16.2 Å².